The van der Waals surface area contributed by atoms with Crippen molar-refractivity contribution in [3.8, 4) is 0 Å². The molecule has 121 heavy (non-hydrogen) atoms. The van der Waals surface area contributed by atoms with Gasteiger partial charge < -0.3 is 113 Å². The molecule has 0 spiro atoms. The van der Waals surface area contributed by atoms with E-state index in [0.717, 1.165) is 31.0 Å². The van der Waals surface area contributed by atoms with Crippen molar-refractivity contribution < 1.29 is 80.2 Å². The summed E-state index contributed by atoms with van der Waals surface area (Å²) < 4.78 is 28.1. The first-order valence-electron chi connectivity index (χ1n) is 40.1. The molecule has 0 saturated carbocycles. The average Bonchev–Trinajstić information content (AvgIpc) is 1.62. The molecule has 4 aliphatic rings. The zero-order valence-electron chi connectivity index (χ0n) is 68.7. The number of benzene rings is 3. The van der Waals surface area contributed by atoms with Crippen LogP contribution >= 0.6 is 23.2 Å². The summed E-state index contributed by atoms with van der Waals surface area (Å²) in [4.78, 5) is 51.7. The molecule has 20 N–H and O–H groups in total. The molecule has 12 heterocycles. The van der Waals surface area contributed by atoms with Crippen molar-refractivity contribution in [2.45, 2.75) is 195 Å². The quantitative estimate of drug-likeness (QED) is 0.0182. The smallest absolute Gasteiger partial charge is 0.207 e. The predicted molar refractivity (Wildman–Crippen MR) is 468 cm³/mol. The van der Waals surface area contributed by atoms with E-state index in [0.29, 0.717) is 74.5 Å². The minimum absolute atomic E-state index is 0.0431. The van der Waals surface area contributed by atoms with Gasteiger partial charge in [0.25, 0.3) is 0 Å². The van der Waals surface area contributed by atoms with Crippen LogP contribution in [0.4, 0.5) is 35.2 Å². The van der Waals surface area contributed by atoms with Gasteiger partial charge in [-0.05, 0) is 35.7 Å². The van der Waals surface area contributed by atoms with Crippen molar-refractivity contribution in [3.05, 3.63) is 127 Å². The molecule has 15 rings (SSSR count). The molecular weight excluding hydrogens is 1670 g/mol. The van der Waals surface area contributed by atoms with Crippen molar-refractivity contribution in [2.75, 3.05) is 84.2 Å². The van der Waals surface area contributed by atoms with Crippen LogP contribution in [0.2, 0.25) is 75.0 Å². The minimum Gasteiger partial charge on any atom is -0.394 e. The second kappa shape index (κ2) is 39.5. The first kappa shape index (κ1) is 91.7. The maximum Gasteiger partial charge on any atom is 0.207 e. The Balaban J connectivity index is 0.000000149. The maximum atomic E-state index is 10.5. The Morgan fingerprint density at radius 1 is 0.380 bits per heavy atom. The van der Waals surface area contributed by atoms with Gasteiger partial charge in [-0.15, -0.1) is 0 Å². The first-order valence-corrected chi connectivity index (χ1v) is 53.9. The lowest BCUT2D eigenvalue weighted by molar-refractivity contribution is -0.0509. The maximum absolute atomic E-state index is 10.5. The highest BCUT2D eigenvalue weighted by Crippen LogP contribution is 2.40. The lowest BCUT2D eigenvalue weighted by Gasteiger charge is -2.29. The van der Waals surface area contributed by atoms with Crippen molar-refractivity contribution in [3.63, 3.8) is 0 Å². The van der Waals surface area contributed by atoms with Gasteiger partial charge in [-0.2, -0.15) is 0 Å². The summed E-state index contributed by atoms with van der Waals surface area (Å²) in [5.74, 6) is 2.39. The van der Waals surface area contributed by atoms with E-state index in [4.69, 9.17) is 53.6 Å². The first-order chi connectivity index (χ1) is 57.8. The molecule has 38 nitrogen and oxygen atoms in total. The third kappa shape index (κ3) is 20.1. The summed E-state index contributed by atoms with van der Waals surface area (Å²) in [7, 11) is -6.52. The molecule has 0 aliphatic carbocycles. The molecule has 4 saturated heterocycles. The number of anilines is 6. The van der Waals surface area contributed by atoms with Crippen LogP contribution in [0.5, 0.6) is 0 Å². The number of ether oxygens (including phenoxy) is 4. The third-order valence-electron chi connectivity index (χ3n) is 22.2. The number of nitrogens with one attached hydrogen (secondary N) is 4. The number of nitrogens with two attached hydrogens (primary N) is 2. The lowest BCUT2D eigenvalue weighted by Crippen LogP contribution is -2.55. The summed E-state index contributed by atoms with van der Waals surface area (Å²) in [6.45, 7) is 19.5. The fraction of sp³-hybridized carbons (Fsp3) is 0.506. The largest absolute Gasteiger partial charge is 0.394 e. The molecule has 654 valence electrons. The number of nitrogen functional groups attached to an aromatic ring is 2. The molecular formula is C77H110Cl2N22O16Si4. The van der Waals surface area contributed by atoms with Gasteiger partial charge in [0.2, 0.25) is 22.5 Å². The number of nitrogens with zero attached hydrogens (tertiary/aromatic N) is 16. The molecule has 8 aromatic heterocycles. The third-order valence-corrected chi connectivity index (χ3v) is 34.3. The standard InChI is InChI=1S/C26H30ClN5O4Si.C19H24ClN5O4Si.C18H32N6O4Si.C14H24N6O4Si/c1-37(17-9-4-2-5-10-17,18-11-6-3-7-12-18)14-8-13-28-23-20-24(30-16-29-23)32(26(27)31-20)25-22(35)21(34)19(15-33)36-25;1-30(2,11-6-4-3-5-7-11)10-23-16-13-17(22-9-21-16)25(19(20)24-13)18-15(28)14(27)12(8-26)29-18;1-4-5-6-7-29(2,3)10-22-15-12-16(21-9-20-15)24(18(19)23-12)17-14(27)13(26)11(8-25)28-17;1-25(2,3)6-18-11-8-12(17-5-16-11)20(14(15)19-8)13-10(23)9(22)7(4-21)24-13/h2-7,9-12,16,19,21-22,25,33-35H,8,13-15H2,1H3,(H,28,29,30);3-7,9,12,14-15,18,26-28H,8,10H2,1-2H3,(H,21,22,23);9,11,13-14,17,25-27H,4-8,10H2,1-3H3,(H2,19,23)(H,20,21,22);5,7,9-10,13,21-23H,4,6H2,1-3H3,(H2,15,19)(H,16,17,18)/t19-,21-,22-,25-;12-,14-,15-,18-;11-,13-,14-,17-;7-,9-,10-,13-/m0101/s1. The van der Waals surface area contributed by atoms with E-state index in [1.165, 1.54) is 84.4 Å². The Morgan fingerprint density at radius 3 is 1.05 bits per heavy atom. The molecule has 11 aromatic rings. The number of imidazole rings is 4. The van der Waals surface area contributed by atoms with Gasteiger partial charge in [0, 0.05) is 25.0 Å². The van der Waals surface area contributed by atoms with Crippen LogP contribution in [0.3, 0.4) is 0 Å². The Labute approximate surface area is 711 Å². The number of hydrogen-bond acceptors (Lipinski definition) is 34. The zero-order chi connectivity index (χ0) is 87.0. The van der Waals surface area contributed by atoms with Gasteiger partial charge in [-0.25, -0.2) is 59.8 Å². The summed E-state index contributed by atoms with van der Waals surface area (Å²) in [5.41, 5.74) is 15.5. The van der Waals surface area contributed by atoms with Crippen LogP contribution in [0.15, 0.2) is 116 Å². The monoisotopic (exact) mass is 1780 g/mol. The molecule has 4 fully saturated rings. The Morgan fingerprint density at radius 2 is 0.702 bits per heavy atom. The Hall–Kier alpha value is -8.53. The highest BCUT2D eigenvalue weighted by atomic mass is 35.5. The van der Waals surface area contributed by atoms with Crippen LogP contribution in [0, 0.1) is 0 Å². The number of aliphatic hydroxyl groups is 12. The molecule has 0 amide bonds. The van der Waals surface area contributed by atoms with Gasteiger partial charge in [0.1, 0.15) is 115 Å². The number of fused-ring (bicyclic) bond motifs is 4. The summed E-state index contributed by atoms with van der Waals surface area (Å²) in [5, 5.41) is 137. The minimum atomic E-state index is -1.94. The predicted octanol–water partition coefficient (Wildman–Crippen LogP) is 2.62. The molecule has 0 radical (unpaired) electrons. The van der Waals surface area contributed by atoms with E-state index in [9.17, 15) is 61.3 Å². The van der Waals surface area contributed by atoms with Crippen LogP contribution in [-0.4, -0.2) is 296 Å². The summed E-state index contributed by atoms with van der Waals surface area (Å²) >= 11 is 12.7. The van der Waals surface area contributed by atoms with Crippen LogP contribution in [0.25, 0.3) is 44.7 Å². The number of rotatable bonds is 29. The Bertz CT molecular complexity index is 5190. The fourth-order valence-corrected chi connectivity index (χ4v) is 23.9. The topological polar surface area (TPSA) is 554 Å². The summed E-state index contributed by atoms with van der Waals surface area (Å²) in [6.07, 6.45) is -5.16. The van der Waals surface area contributed by atoms with Gasteiger partial charge in [-0.1, -0.05) is 191 Å². The van der Waals surface area contributed by atoms with E-state index < -0.39 is 157 Å². The highest BCUT2D eigenvalue weighted by molar-refractivity contribution is 7.01. The van der Waals surface area contributed by atoms with E-state index in [1.807, 2.05) is 18.2 Å². The van der Waals surface area contributed by atoms with E-state index in [2.05, 4.69) is 213 Å². The van der Waals surface area contributed by atoms with Crippen LogP contribution in [0.1, 0.15) is 57.5 Å². The number of aliphatic hydroxyl groups excluding tert-OH is 12. The fourth-order valence-electron chi connectivity index (χ4n) is 15.1. The lowest BCUT2D eigenvalue weighted by atomic mass is 10.1. The zero-order valence-corrected chi connectivity index (χ0v) is 74.2. The van der Waals surface area contributed by atoms with Crippen molar-refractivity contribution in [1.82, 2.24) is 78.1 Å². The Kier molecular flexibility index (Phi) is 30.0. The van der Waals surface area contributed by atoms with Crippen molar-refractivity contribution >= 4 is 151 Å². The van der Waals surface area contributed by atoms with Gasteiger partial charge >= 0.3 is 0 Å². The number of hydrogen-bond donors (Lipinski definition) is 18. The molecule has 4 aliphatic heterocycles. The highest BCUT2D eigenvalue weighted by Gasteiger charge is 2.49. The second-order valence-electron chi connectivity index (χ2n) is 33.3. The molecule has 16 atom stereocenters. The summed E-state index contributed by atoms with van der Waals surface area (Å²) in [6, 6.07) is 34.1. The molecule has 0 unspecified atom stereocenters. The van der Waals surface area contributed by atoms with Crippen LogP contribution < -0.4 is 48.3 Å². The van der Waals surface area contributed by atoms with Crippen molar-refractivity contribution in [1.29, 1.82) is 0 Å². The van der Waals surface area contributed by atoms with Gasteiger partial charge in [0.15, 0.2) is 92.8 Å². The SMILES string of the molecule is CCCCC[Si](C)(C)CNc1ncnc2c1nc(N)n2[C@H]1O[C@@H](CO)[C@H](O)[C@@H]1O.C[Si](C)(C)CNc1ncnc2c1nc(N)n2[C@@H]1O[C@H](CO)[C@@H](O)[C@H]1O.C[Si](C)(CNc1ncnc2c1nc(Cl)n2[C@@H]1O[C@H](CO)[C@@H](O)[C@H]1O)c1ccccc1.C[Si](CCCNc1ncnc2c1nc(Cl)n2[C@H]1O[C@@H](CO)[C@H](O)[C@@H]1O)(c1ccccc1)c1ccccc1. The second-order valence-corrected chi connectivity index (χ2v) is 53.6. The van der Waals surface area contributed by atoms with Gasteiger partial charge in [0.05, 0.1) is 42.6 Å². The normalized spacial score (nSPS) is 24.4. The average molecular weight is 1780 g/mol. The van der Waals surface area contributed by atoms with E-state index >= 15 is 0 Å². The number of unbranched alkanes of at least 4 members (excludes halogenated alkanes) is 2. The van der Waals surface area contributed by atoms with E-state index in [1.54, 1.807) is 0 Å². The number of aromatic nitrogens is 16. The molecule has 44 heteroatoms. The van der Waals surface area contributed by atoms with E-state index in [-0.39, 0.29) is 22.5 Å². The van der Waals surface area contributed by atoms with Crippen LogP contribution in [-0.2, 0) is 18.9 Å². The number of halogens is 2. The van der Waals surface area contributed by atoms with Crippen molar-refractivity contribution in [2.24, 2.45) is 0 Å². The van der Waals surface area contributed by atoms with Gasteiger partial charge in [-0.3, -0.25) is 18.3 Å². The molecule has 3 aromatic carbocycles. The molecule has 0 bridgehead atoms.